The Balaban J connectivity index is 1.80. The van der Waals surface area contributed by atoms with Crippen molar-refractivity contribution < 1.29 is 38.3 Å². The zero-order chi connectivity index (χ0) is 24.1. The van der Waals surface area contributed by atoms with Crippen molar-refractivity contribution in [3.8, 4) is 0 Å². The van der Waals surface area contributed by atoms with Crippen molar-refractivity contribution in [2.75, 3.05) is 6.54 Å². The molecule has 1 aromatic carbocycles. The number of halogens is 1. The first-order valence-electron chi connectivity index (χ1n) is 10.4. The zero-order valence-electron chi connectivity index (χ0n) is 17.5. The molecule has 2 saturated heterocycles. The highest BCUT2D eigenvalue weighted by Crippen LogP contribution is 2.25. The Morgan fingerprint density at radius 2 is 1.88 bits per heavy atom. The summed E-state index contributed by atoms with van der Waals surface area (Å²) in [5.74, 6) is -4.33. The van der Waals surface area contributed by atoms with E-state index in [1.54, 1.807) is 0 Å². The number of carbonyl (C=O) groups is 6. The summed E-state index contributed by atoms with van der Waals surface area (Å²) in [6.07, 6.45) is 0.189. The first kappa shape index (κ1) is 23.8. The molecule has 0 spiro atoms. The molecule has 12 heteroatoms. The fourth-order valence-corrected chi connectivity index (χ4v) is 3.85. The van der Waals surface area contributed by atoms with Gasteiger partial charge in [0.15, 0.2) is 0 Å². The Morgan fingerprint density at radius 1 is 1.18 bits per heavy atom. The smallest absolute Gasteiger partial charge is 0.305 e. The fourth-order valence-electron chi connectivity index (χ4n) is 3.85. The second kappa shape index (κ2) is 10.2. The molecule has 0 saturated carbocycles. The SMILES string of the molecule is O=CC(CC(=O)O)NC(=O)C1CCCN2C(=O)CCC(NC(=O)c3ccc(F)cc3)C(=O)N12. The van der Waals surface area contributed by atoms with Gasteiger partial charge in [0, 0.05) is 18.5 Å². The van der Waals surface area contributed by atoms with Gasteiger partial charge >= 0.3 is 5.97 Å². The van der Waals surface area contributed by atoms with Gasteiger partial charge in [0.25, 0.3) is 11.8 Å². The molecule has 2 fully saturated rings. The third-order valence-electron chi connectivity index (χ3n) is 5.46. The molecule has 3 N–H and O–H groups in total. The molecular formula is C21H23FN4O7. The fraction of sp³-hybridized carbons (Fsp3) is 0.429. The van der Waals surface area contributed by atoms with Crippen LogP contribution in [0.2, 0.25) is 0 Å². The quantitative estimate of drug-likeness (QED) is 0.467. The van der Waals surface area contributed by atoms with Crippen LogP contribution < -0.4 is 10.6 Å². The van der Waals surface area contributed by atoms with E-state index in [2.05, 4.69) is 10.6 Å². The minimum atomic E-state index is -1.29. The minimum Gasteiger partial charge on any atom is -0.481 e. The highest BCUT2D eigenvalue weighted by atomic mass is 19.1. The second-order valence-corrected chi connectivity index (χ2v) is 7.78. The largest absolute Gasteiger partial charge is 0.481 e. The number of hydrogen-bond donors (Lipinski definition) is 3. The van der Waals surface area contributed by atoms with Crippen LogP contribution in [-0.4, -0.2) is 75.7 Å². The van der Waals surface area contributed by atoms with Gasteiger partial charge < -0.3 is 20.5 Å². The van der Waals surface area contributed by atoms with Gasteiger partial charge in [-0.15, -0.1) is 0 Å². The third-order valence-corrected chi connectivity index (χ3v) is 5.46. The number of amides is 4. The number of benzene rings is 1. The Bertz CT molecular complexity index is 968. The maximum Gasteiger partial charge on any atom is 0.305 e. The van der Waals surface area contributed by atoms with E-state index >= 15 is 0 Å². The van der Waals surface area contributed by atoms with Crippen LogP contribution in [-0.2, 0) is 24.0 Å². The molecule has 2 aliphatic heterocycles. The molecule has 3 atom stereocenters. The van der Waals surface area contributed by atoms with E-state index in [1.165, 1.54) is 12.1 Å². The predicted molar refractivity (Wildman–Crippen MR) is 109 cm³/mol. The van der Waals surface area contributed by atoms with Crippen LogP contribution in [0.4, 0.5) is 4.39 Å². The van der Waals surface area contributed by atoms with Gasteiger partial charge in [-0.25, -0.2) is 9.40 Å². The van der Waals surface area contributed by atoms with Gasteiger partial charge in [-0.3, -0.25) is 29.0 Å². The normalized spacial score (nSPS) is 21.5. The maximum atomic E-state index is 13.3. The number of carbonyl (C=O) groups excluding carboxylic acids is 5. The van der Waals surface area contributed by atoms with Gasteiger partial charge in [0.2, 0.25) is 11.8 Å². The summed E-state index contributed by atoms with van der Waals surface area (Å²) in [5, 5.41) is 15.9. The van der Waals surface area contributed by atoms with E-state index < -0.39 is 60.0 Å². The van der Waals surface area contributed by atoms with Crippen molar-refractivity contribution in [1.82, 2.24) is 20.7 Å². The van der Waals surface area contributed by atoms with Crippen molar-refractivity contribution in [3.63, 3.8) is 0 Å². The summed E-state index contributed by atoms with van der Waals surface area (Å²) in [5.41, 5.74) is 0.118. The Labute approximate surface area is 187 Å². The van der Waals surface area contributed by atoms with Crippen LogP contribution >= 0.6 is 0 Å². The third kappa shape index (κ3) is 5.51. The number of rotatable bonds is 7. The summed E-state index contributed by atoms with van der Waals surface area (Å²) in [7, 11) is 0. The van der Waals surface area contributed by atoms with Crippen LogP contribution in [0.1, 0.15) is 42.5 Å². The van der Waals surface area contributed by atoms with E-state index in [0.29, 0.717) is 6.42 Å². The highest BCUT2D eigenvalue weighted by molar-refractivity contribution is 5.99. The summed E-state index contributed by atoms with van der Waals surface area (Å²) < 4.78 is 13.1. The molecule has 3 unspecified atom stereocenters. The monoisotopic (exact) mass is 462 g/mol. The number of aldehydes is 1. The molecule has 0 aromatic heterocycles. The van der Waals surface area contributed by atoms with E-state index in [1.807, 2.05) is 0 Å². The maximum absolute atomic E-state index is 13.3. The van der Waals surface area contributed by atoms with Gasteiger partial charge in [-0.1, -0.05) is 0 Å². The summed E-state index contributed by atoms with van der Waals surface area (Å²) in [6, 6.07) is 1.13. The minimum absolute atomic E-state index is 0.00190. The highest BCUT2D eigenvalue weighted by Gasteiger charge is 2.44. The molecule has 0 aliphatic carbocycles. The number of nitrogens with one attached hydrogen (secondary N) is 2. The zero-order valence-corrected chi connectivity index (χ0v) is 17.5. The van der Waals surface area contributed by atoms with Gasteiger partial charge in [-0.05, 0) is 43.5 Å². The molecule has 4 amide bonds. The van der Waals surface area contributed by atoms with Crippen molar-refractivity contribution in [3.05, 3.63) is 35.6 Å². The van der Waals surface area contributed by atoms with Crippen LogP contribution in [0.5, 0.6) is 0 Å². The molecular weight excluding hydrogens is 439 g/mol. The van der Waals surface area contributed by atoms with Gasteiger partial charge in [0.05, 0.1) is 12.5 Å². The standard InChI is InChI=1S/C21H23FN4O7/c22-13-5-3-12(4-6-13)19(31)24-15-7-8-17(28)25-9-1-2-16(26(25)21(15)33)20(32)23-14(11-27)10-18(29)30/h3-6,11,14-16H,1-2,7-10H2,(H,23,32)(H,24,31)(H,29,30). The summed E-state index contributed by atoms with van der Waals surface area (Å²) in [6.45, 7) is 0.194. The number of carboxylic acid groups (broad SMARTS) is 1. The molecule has 33 heavy (non-hydrogen) atoms. The number of nitrogens with zero attached hydrogens (tertiary/aromatic N) is 2. The lowest BCUT2D eigenvalue weighted by Gasteiger charge is -2.43. The summed E-state index contributed by atoms with van der Waals surface area (Å²) in [4.78, 5) is 73.4. The number of fused-ring (bicyclic) bond motifs is 1. The molecule has 0 radical (unpaired) electrons. The molecule has 11 nitrogen and oxygen atoms in total. The van der Waals surface area contributed by atoms with Crippen molar-refractivity contribution in [2.45, 2.75) is 50.2 Å². The van der Waals surface area contributed by atoms with Crippen LogP contribution in [0.15, 0.2) is 24.3 Å². The number of carboxylic acids is 1. The summed E-state index contributed by atoms with van der Waals surface area (Å²) >= 11 is 0. The molecule has 2 heterocycles. The van der Waals surface area contributed by atoms with E-state index in [4.69, 9.17) is 5.11 Å². The first-order chi connectivity index (χ1) is 15.7. The molecule has 2 aliphatic rings. The lowest BCUT2D eigenvalue weighted by atomic mass is 10.0. The average molecular weight is 462 g/mol. The van der Waals surface area contributed by atoms with E-state index in [9.17, 15) is 33.2 Å². The Hall–Kier alpha value is -3.83. The van der Waals surface area contributed by atoms with Crippen molar-refractivity contribution in [1.29, 1.82) is 0 Å². The van der Waals surface area contributed by atoms with Crippen LogP contribution in [0, 0.1) is 5.82 Å². The molecule has 176 valence electrons. The molecule has 1 aromatic rings. The van der Waals surface area contributed by atoms with Crippen LogP contribution in [0.3, 0.4) is 0 Å². The topological polar surface area (TPSA) is 153 Å². The number of hydrazine groups is 1. The molecule has 0 bridgehead atoms. The number of hydrogen-bond acceptors (Lipinski definition) is 6. The lowest BCUT2D eigenvalue weighted by molar-refractivity contribution is -0.176. The van der Waals surface area contributed by atoms with E-state index in [0.717, 1.165) is 22.2 Å². The van der Waals surface area contributed by atoms with Gasteiger partial charge in [0.1, 0.15) is 24.2 Å². The van der Waals surface area contributed by atoms with Crippen molar-refractivity contribution >= 4 is 35.9 Å². The van der Waals surface area contributed by atoms with Crippen LogP contribution in [0.25, 0.3) is 0 Å². The lowest BCUT2D eigenvalue weighted by Crippen LogP contribution is -2.64. The Kier molecular flexibility index (Phi) is 7.36. The number of aliphatic carboxylic acids is 1. The first-order valence-corrected chi connectivity index (χ1v) is 10.4. The average Bonchev–Trinajstić information content (AvgIpc) is 2.90. The van der Waals surface area contributed by atoms with E-state index in [-0.39, 0.29) is 37.7 Å². The molecule has 3 rings (SSSR count). The second-order valence-electron chi connectivity index (χ2n) is 7.78. The van der Waals surface area contributed by atoms with Gasteiger partial charge in [-0.2, -0.15) is 0 Å². The Morgan fingerprint density at radius 3 is 2.52 bits per heavy atom. The predicted octanol–water partition coefficient (Wildman–Crippen LogP) is -0.389. The van der Waals surface area contributed by atoms with Crippen molar-refractivity contribution in [2.24, 2.45) is 0 Å².